The van der Waals surface area contributed by atoms with Crippen LogP contribution in [0.1, 0.15) is 78.3 Å². The number of carbonyl (C=O) groups is 2. The topological polar surface area (TPSA) is 107 Å². The minimum atomic E-state index is -4.63. The minimum Gasteiger partial charge on any atom is -0.493 e. The SMILES string of the molecule is CCOC(=O)C1CCN(c2cnc(C(=O)Cc3nc(-c4ccc(OCCCOC)c(C(F)(F)F)c4)c(CN4CCCC[C@H]4C)s3)cn2)CC1. The summed E-state index contributed by atoms with van der Waals surface area (Å²) in [4.78, 5) is 44.2. The van der Waals surface area contributed by atoms with E-state index in [4.69, 9.17) is 19.2 Å². The largest absolute Gasteiger partial charge is 0.493 e. The number of aromatic nitrogens is 3. The summed E-state index contributed by atoms with van der Waals surface area (Å²) in [6.07, 6.45) is 3.32. The van der Waals surface area contributed by atoms with Crippen LogP contribution in [0.5, 0.6) is 5.75 Å². The van der Waals surface area contributed by atoms with Crippen molar-refractivity contribution in [3.63, 3.8) is 0 Å². The van der Waals surface area contributed by atoms with E-state index in [-0.39, 0.29) is 42.1 Å². The van der Waals surface area contributed by atoms with E-state index >= 15 is 0 Å². The first-order valence-electron chi connectivity index (χ1n) is 16.9. The van der Waals surface area contributed by atoms with Crippen molar-refractivity contribution in [3.8, 4) is 17.0 Å². The highest BCUT2D eigenvalue weighted by Gasteiger charge is 2.35. The van der Waals surface area contributed by atoms with Crippen LogP contribution in [0, 0.1) is 5.92 Å². The van der Waals surface area contributed by atoms with Crippen molar-refractivity contribution in [2.75, 3.05) is 51.5 Å². The lowest BCUT2D eigenvalue weighted by atomic mass is 9.97. The maximum atomic E-state index is 14.2. The summed E-state index contributed by atoms with van der Waals surface area (Å²) in [5.41, 5.74) is 0.0740. The average molecular weight is 704 g/mol. The van der Waals surface area contributed by atoms with Crippen LogP contribution in [0.4, 0.5) is 19.0 Å². The van der Waals surface area contributed by atoms with Gasteiger partial charge in [-0.2, -0.15) is 13.2 Å². The quantitative estimate of drug-likeness (QED) is 0.103. The zero-order valence-electron chi connectivity index (χ0n) is 28.3. The van der Waals surface area contributed by atoms with Gasteiger partial charge in [0.25, 0.3) is 0 Å². The number of Topliss-reactive ketones (excluding diaryl/α,β-unsaturated/α-hetero) is 1. The van der Waals surface area contributed by atoms with Crippen molar-refractivity contribution in [3.05, 3.63) is 51.7 Å². The maximum absolute atomic E-state index is 14.2. The fourth-order valence-corrected chi connectivity index (χ4v) is 7.37. The fourth-order valence-electron chi connectivity index (χ4n) is 6.26. The number of benzene rings is 1. The first kappa shape index (κ1) is 36.7. The van der Waals surface area contributed by atoms with Gasteiger partial charge in [0, 0.05) is 56.3 Å². The maximum Gasteiger partial charge on any atom is 0.419 e. The van der Waals surface area contributed by atoms with E-state index in [9.17, 15) is 22.8 Å². The van der Waals surface area contributed by atoms with E-state index in [0.29, 0.717) is 80.2 Å². The molecule has 1 atom stereocenters. The van der Waals surface area contributed by atoms with Gasteiger partial charge in [0.2, 0.25) is 0 Å². The molecule has 2 aliphatic heterocycles. The third kappa shape index (κ3) is 9.55. The standard InChI is InChI=1S/C35H44F3N5O5S/c1-4-47-34(45)24-11-14-42(15-12-24)31-21-39-27(20-40-31)28(44)19-32-41-33(30(49-32)22-43-13-6-5-8-23(43)2)25-9-10-29(48-17-7-16-46-3)26(18-25)35(36,37)38/h9-10,18,20-21,23-24H,4-8,11-17,19,22H2,1-3H3/t23-/m1/s1. The monoisotopic (exact) mass is 703 g/mol. The molecule has 5 rings (SSSR count). The highest BCUT2D eigenvalue weighted by atomic mass is 32.1. The molecule has 0 aliphatic carbocycles. The summed E-state index contributed by atoms with van der Waals surface area (Å²) in [5.74, 6) is -0.203. The third-order valence-electron chi connectivity index (χ3n) is 9.01. The number of methoxy groups -OCH3 is 1. The number of carbonyl (C=O) groups excluding carboxylic acids is 2. The molecule has 0 amide bonds. The lowest BCUT2D eigenvalue weighted by Gasteiger charge is -2.33. The minimum absolute atomic E-state index is 0.0565. The van der Waals surface area contributed by atoms with Crippen LogP contribution < -0.4 is 9.64 Å². The number of piperidine rings is 2. The highest BCUT2D eigenvalue weighted by molar-refractivity contribution is 7.12. The lowest BCUT2D eigenvalue weighted by molar-refractivity contribution is -0.148. The second-order valence-corrected chi connectivity index (χ2v) is 13.6. The van der Waals surface area contributed by atoms with E-state index in [0.717, 1.165) is 36.8 Å². The molecule has 2 saturated heterocycles. The summed E-state index contributed by atoms with van der Waals surface area (Å²) in [6.45, 7) is 7.46. The number of hydrogen-bond donors (Lipinski definition) is 0. The van der Waals surface area contributed by atoms with Gasteiger partial charge in [-0.25, -0.2) is 15.0 Å². The highest BCUT2D eigenvalue weighted by Crippen LogP contribution is 2.40. The second kappa shape index (κ2) is 16.9. The number of thiazole rings is 1. The van der Waals surface area contributed by atoms with E-state index in [2.05, 4.69) is 21.8 Å². The number of esters is 1. The first-order valence-corrected chi connectivity index (χ1v) is 17.7. The summed E-state index contributed by atoms with van der Waals surface area (Å²) in [7, 11) is 1.53. The molecule has 0 unspecified atom stereocenters. The van der Waals surface area contributed by atoms with Crippen LogP contribution >= 0.6 is 11.3 Å². The van der Waals surface area contributed by atoms with Crippen LogP contribution in [-0.4, -0.2) is 84.2 Å². The van der Waals surface area contributed by atoms with Gasteiger partial charge < -0.3 is 19.1 Å². The zero-order valence-corrected chi connectivity index (χ0v) is 29.1. The van der Waals surface area contributed by atoms with Crippen LogP contribution in [0.3, 0.4) is 0 Å². The van der Waals surface area contributed by atoms with Crippen molar-refractivity contribution < 1.29 is 37.0 Å². The molecule has 0 N–H and O–H groups in total. The molecule has 0 saturated carbocycles. The van der Waals surface area contributed by atoms with Gasteiger partial charge >= 0.3 is 12.1 Å². The van der Waals surface area contributed by atoms with Crippen LogP contribution in [0.2, 0.25) is 0 Å². The summed E-state index contributed by atoms with van der Waals surface area (Å²) < 4.78 is 58.3. The van der Waals surface area contributed by atoms with Gasteiger partial charge in [-0.3, -0.25) is 14.5 Å². The third-order valence-corrected chi connectivity index (χ3v) is 10.1. The molecule has 0 radical (unpaired) electrons. The molecular formula is C35H44F3N5O5S. The summed E-state index contributed by atoms with van der Waals surface area (Å²) in [6, 6.07) is 4.37. The molecule has 2 aromatic heterocycles. The fraction of sp³-hybridized carbons (Fsp3) is 0.571. The van der Waals surface area contributed by atoms with Gasteiger partial charge in [0.05, 0.1) is 49.2 Å². The molecule has 4 heterocycles. The van der Waals surface area contributed by atoms with E-state index in [1.54, 1.807) is 19.2 Å². The van der Waals surface area contributed by atoms with Crippen molar-refractivity contribution in [1.29, 1.82) is 0 Å². The Morgan fingerprint density at radius 2 is 1.84 bits per heavy atom. The Morgan fingerprint density at radius 3 is 2.51 bits per heavy atom. The molecule has 0 spiro atoms. The molecule has 2 fully saturated rings. The number of ether oxygens (including phenoxy) is 3. The molecule has 2 aliphatic rings. The predicted octanol–water partition coefficient (Wildman–Crippen LogP) is 6.61. The van der Waals surface area contributed by atoms with Gasteiger partial charge in [-0.1, -0.05) is 6.42 Å². The van der Waals surface area contributed by atoms with Crippen molar-refractivity contribution in [2.24, 2.45) is 5.92 Å². The molecule has 49 heavy (non-hydrogen) atoms. The number of nitrogens with zero attached hydrogens (tertiary/aromatic N) is 5. The molecule has 10 nitrogen and oxygen atoms in total. The summed E-state index contributed by atoms with van der Waals surface area (Å²) >= 11 is 1.35. The first-order chi connectivity index (χ1) is 23.6. The van der Waals surface area contributed by atoms with Crippen molar-refractivity contribution in [2.45, 2.75) is 77.6 Å². The van der Waals surface area contributed by atoms with E-state index < -0.39 is 11.7 Å². The summed E-state index contributed by atoms with van der Waals surface area (Å²) in [5, 5.41) is 0.500. The van der Waals surface area contributed by atoms with Gasteiger partial charge in [-0.05, 0) is 64.3 Å². The number of likely N-dealkylation sites (tertiary alicyclic amines) is 1. The molecule has 1 aromatic carbocycles. The Balaban J connectivity index is 1.34. The van der Waals surface area contributed by atoms with Crippen molar-refractivity contribution in [1.82, 2.24) is 19.9 Å². The van der Waals surface area contributed by atoms with Crippen molar-refractivity contribution >= 4 is 28.9 Å². The Morgan fingerprint density at radius 1 is 1.04 bits per heavy atom. The Hall–Kier alpha value is -3.62. The Kier molecular flexibility index (Phi) is 12.6. The van der Waals surface area contributed by atoms with Crippen LogP contribution in [-0.2, 0) is 33.4 Å². The molecule has 3 aromatic rings. The number of rotatable bonds is 14. The number of anilines is 1. The number of alkyl halides is 3. The van der Waals surface area contributed by atoms with E-state index in [1.165, 1.54) is 30.7 Å². The zero-order chi connectivity index (χ0) is 35.0. The number of ketones is 1. The van der Waals surface area contributed by atoms with Gasteiger partial charge in [0.15, 0.2) is 5.78 Å². The van der Waals surface area contributed by atoms with Gasteiger partial charge in [-0.15, -0.1) is 11.3 Å². The lowest BCUT2D eigenvalue weighted by Crippen LogP contribution is -2.37. The molecule has 266 valence electrons. The molecule has 14 heteroatoms. The predicted molar refractivity (Wildman–Crippen MR) is 180 cm³/mol. The Bertz CT molecular complexity index is 1560. The number of halogens is 3. The molecular weight excluding hydrogens is 659 g/mol. The average Bonchev–Trinajstić information content (AvgIpc) is 3.49. The molecule has 0 bridgehead atoms. The normalized spacial score (nSPS) is 17.7. The number of hydrogen-bond acceptors (Lipinski definition) is 11. The van der Waals surface area contributed by atoms with E-state index in [1.807, 2.05) is 4.90 Å². The van der Waals surface area contributed by atoms with Crippen LogP contribution in [0.25, 0.3) is 11.3 Å². The Labute approximate surface area is 289 Å². The van der Waals surface area contributed by atoms with Gasteiger partial charge in [0.1, 0.15) is 22.3 Å². The second-order valence-electron chi connectivity index (χ2n) is 12.5. The smallest absolute Gasteiger partial charge is 0.419 e. The van der Waals surface area contributed by atoms with Crippen LogP contribution in [0.15, 0.2) is 30.6 Å².